The third-order valence-corrected chi connectivity index (χ3v) is 4.55. The number of ether oxygens (including phenoxy) is 2. The first-order chi connectivity index (χ1) is 11.5. The Labute approximate surface area is 143 Å². The number of carbonyl (C=O) groups excluding carboxylic acids is 1. The van der Waals surface area contributed by atoms with Crippen molar-refractivity contribution in [3.63, 3.8) is 0 Å². The minimum Gasteiger partial charge on any atom is -0.462 e. The van der Waals surface area contributed by atoms with E-state index in [0.29, 0.717) is 0 Å². The predicted octanol–water partition coefficient (Wildman–Crippen LogP) is 2.91. The highest BCUT2D eigenvalue weighted by atomic mass is 31.1. The number of nitrogens with zero attached hydrogens (tertiary/aromatic N) is 1. The monoisotopic (exact) mass is 355 g/mol. The molecule has 0 saturated carbocycles. The molecule has 0 radical (unpaired) electrons. The fraction of sp³-hybridized carbons (Fsp3) is 0.625. The number of esters is 1. The molecule has 2 heterocycles. The van der Waals surface area contributed by atoms with Crippen LogP contribution in [0.1, 0.15) is 45.3 Å². The quantitative estimate of drug-likeness (QED) is 0.567. The molecular weight excluding hydrogens is 331 g/mol. The largest absolute Gasteiger partial charge is 0.613 e. The number of pyridine rings is 1. The summed E-state index contributed by atoms with van der Waals surface area (Å²) in [4.78, 5) is 15.6. The highest BCUT2D eigenvalue weighted by Crippen LogP contribution is 2.33. The van der Waals surface area contributed by atoms with E-state index < -0.39 is 20.2 Å². The van der Waals surface area contributed by atoms with Crippen molar-refractivity contribution in [2.45, 2.75) is 58.0 Å². The summed E-state index contributed by atoms with van der Waals surface area (Å²) < 4.78 is 28.1. The van der Waals surface area contributed by atoms with Gasteiger partial charge in [0.25, 0.3) is 0 Å². The van der Waals surface area contributed by atoms with Gasteiger partial charge in [0.15, 0.2) is 0 Å². The summed E-state index contributed by atoms with van der Waals surface area (Å²) in [6, 6.07) is 3.17. The van der Waals surface area contributed by atoms with Gasteiger partial charge in [-0.3, -0.25) is 9.78 Å². The number of hydrogen-bond acceptors (Lipinski definition) is 6. The van der Waals surface area contributed by atoms with E-state index in [9.17, 15) is 9.36 Å². The molecule has 2 rings (SSSR count). The molecule has 7 nitrogen and oxygen atoms in total. The fourth-order valence-electron chi connectivity index (χ4n) is 2.38. The molecule has 1 aromatic rings. The van der Waals surface area contributed by atoms with Crippen LogP contribution in [0.5, 0.6) is 0 Å². The maximum atomic E-state index is 11.9. The summed E-state index contributed by atoms with van der Waals surface area (Å²) in [5.74, 6) is -0.452. The van der Waals surface area contributed by atoms with Crippen molar-refractivity contribution in [1.82, 2.24) is 10.1 Å². The summed E-state index contributed by atoms with van der Waals surface area (Å²) >= 11 is 0. The molecule has 0 aliphatic carbocycles. The fourth-order valence-corrected chi connectivity index (χ4v) is 3.18. The van der Waals surface area contributed by atoms with Gasteiger partial charge in [-0.25, -0.2) is 0 Å². The number of nitrogens with one attached hydrogen (secondary N) is 1. The molecule has 0 spiro atoms. The Morgan fingerprint density at radius 2 is 2.08 bits per heavy atom. The van der Waals surface area contributed by atoms with Crippen molar-refractivity contribution in [2.75, 3.05) is 6.61 Å². The Morgan fingerprint density at radius 1 is 1.38 bits per heavy atom. The lowest BCUT2D eigenvalue weighted by Gasteiger charge is -2.12. The van der Waals surface area contributed by atoms with Crippen molar-refractivity contribution in [3.8, 4) is 0 Å². The van der Waals surface area contributed by atoms with Crippen LogP contribution in [0.3, 0.4) is 0 Å². The maximum Gasteiger partial charge on any atom is 0.613 e. The Hall–Kier alpha value is -1.40. The topological polar surface area (TPSA) is 86.8 Å². The summed E-state index contributed by atoms with van der Waals surface area (Å²) in [5, 5.41) is 2.60. The molecule has 1 saturated heterocycles. The minimum atomic E-state index is -2.15. The molecule has 0 bridgehead atoms. The van der Waals surface area contributed by atoms with Crippen LogP contribution in [0.25, 0.3) is 0 Å². The molecule has 0 amide bonds. The summed E-state index contributed by atoms with van der Waals surface area (Å²) in [7, 11) is -2.15. The van der Waals surface area contributed by atoms with Crippen LogP contribution in [0.15, 0.2) is 24.5 Å². The van der Waals surface area contributed by atoms with Crippen LogP contribution in [0.2, 0.25) is 0 Å². The normalized spacial score (nSPS) is 22.4. The Balaban J connectivity index is 1.70. The van der Waals surface area contributed by atoms with Gasteiger partial charge in [-0.1, -0.05) is 5.09 Å². The van der Waals surface area contributed by atoms with Gasteiger partial charge < -0.3 is 9.47 Å². The van der Waals surface area contributed by atoms with E-state index in [1.54, 1.807) is 33.2 Å². The molecular formula is C16H24N2O5P+. The number of aromatic nitrogens is 1. The average molecular weight is 355 g/mol. The lowest BCUT2D eigenvalue weighted by atomic mass is 10.1. The number of carbonyl (C=O) groups is 1. The van der Waals surface area contributed by atoms with Crippen LogP contribution in [0, 0.1) is 0 Å². The maximum absolute atomic E-state index is 11.9. The molecule has 1 aromatic heterocycles. The smallest absolute Gasteiger partial charge is 0.462 e. The standard InChI is InChI=1S/C16H24N2O5P/c1-11(2)22-16(19)12(3)18-24(20)21-10-14-4-5-15(23-14)13-6-8-17-9-7-13/h6-9,11-12,14-15H,4-5,10H2,1-3H3,(H,18,20)/q+1/t12-,14+,15?/m1/s1. The highest BCUT2D eigenvalue weighted by molar-refractivity contribution is 7.36. The summed E-state index contributed by atoms with van der Waals surface area (Å²) in [6.45, 7) is 5.33. The predicted molar refractivity (Wildman–Crippen MR) is 88.5 cm³/mol. The van der Waals surface area contributed by atoms with Gasteiger partial charge in [0.2, 0.25) is 0 Å². The van der Waals surface area contributed by atoms with Gasteiger partial charge >= 0.3 is 14.1 Å². The summed E-state index contributed by atoms with van der Waals surface area (Å²) in [5.41, 5.74) is 1.08. The van der Waals surface area contributed by atoms with E-state index in [1.807, 2.05) is 12.1 Å². The number of rotatable bonds is 8. The highest BCUT2D eigenvalue weighted by Gasteiger charge is 2.32. The molecule has 2 unspecified atom stereocenters. The zero-order valence-corrected chi connectivity index (χ0v) is 15.1. The van der Waals surface area contributed by atoms with Crippen LogP contribution < -0.4 is 5.09 Å². The minimum absolute atomic E-state index is 0.0207. The zero-order valence-electron chi connectivity index (χ0n) is 14.2. The van der Waals surface area contributed by atoms with E-state index in [1.165, 1.54) is 0 Å². The summed E-state index contributed by atoms with van der Waals surface area (Å²) in [6.07, 6.45) is 4.90. The molecule has 132 valence electrons. The van der Waals surface area contributed by atoms with Crippen LogP contribution >= 0.6 is 8.18 Å². The van der Waals surface area contributed by atoms with Crippen molar-refractivity contribution in [2.24, 2.45) is 0 Å². The molecule has 4 atom stereocenters. The van der Waals surface area contributed by atoms with Crippen molar-refractivity contribution >= 4 is 14.1 Å². The van der Waals surface area contributed by atoms with E-state index in [2.05, 4.69) is 10.1 Å². The van der Waals surface area contributed by atoms with Crippen LogP contribution in [-0.4, -0.2) is 35.8 Å². The van der Waals surface area contributed by atoms with Gasteiger partial charge in [0.1, 0.15) is 12.6 Å². The molecule has 1 aliphatic rings. The lowest BCUT2D eigenvalue weighted by Crippen LogP contribution is -2.33. The molecule has 1 aliphatic heterocycles. The number of hydrogen-bond donors (Lipinski definition) is 1. The third kappa shape index (κ3) is 5.91. The van der Waals surface area contributed by atoms with E-state index in [-0.39, 0.29) is 24.9 Å². The van der Waals surface area contributed by atoms with Gasteiger partial charge in [-0.2, -0.15) is 0 Å². The van der Waals surface area contributed by atoms with Gasteiger partial charge in [0, 0.05) is 12.4 Å². The van der Waals surface area contributed by atoms with Gasteiger partial charge in [-0.15, -0.1) is 4.52 Å². The second-order valence-electron chi connectivity index (χ2n) is 5.99. The van der Waals surface area contributed by atoms with E-state index in [0.717, 1.165) is 18.4 Å². The molecule has 24 heavy (non-hydrogen) atoms. The van der Waals surface area contributed by atoms with Gasteiger partial charge in [0.05, 0.1) is 18.3 Å². The van der Waals surface area contributed by atoms with Gasteiger partial charge in [-0.05, 0) is 55.9 Å². The Kier molecular flexibility index (Phi) is 7.24. The second-order valence-corrected chi connectivity index (χ2v) is 7.02. The van der Waals surface area contributed by atoms with Crippen LogP contribution in [-0.2, 0) is 23.4 Å². The molecule has 8 heteroatoms. The third-order valence-electron chi connectivity index (χ3n) is 3.57. The first kappa shape index (κ1) is 18.9. The van der Waals surface area contributed by atoms with E-state index >= 15 is 0 Å². The molecule has 0 aromatic carbocycles. The zero-order chi connectivity index (χ0) is 17.5. The first-order valence-electron chi connectivity index (χ1n) is 8.08. The lowest BCUT2D eigenvalue weighted by molar-refractivity contribution is -0.149. The second kappa shape index (κ2) is 9.18. The molecule has 1 fully saturated rings. The van der Waals surface area contributed by atoms with Crippen molar-refractivity contribution in [1.29, 1.82) is 0 Å². The Bertz CT molecular complexity index is 555. The molecule has 1 N–H and O–H groups in total. The van der Waals surface area contributed by atoms with Crippen LogP contribution in [0.4, 0.5) is 0 Å². The van der Waals surface area contributed by atoms with Crippen molar-refractivity contribution in [3.05, 3.63) is 30.1 Å². The Morgan fingerprint density at radius 3 is 2.75 bits per heavy atom. The van der Waals surface area contributed by atoms with Crippen molar-refractivity contribution < 1.29 is 23.4 Å². The average Bonchev–Trinajstić information content (AvgIpc) is 3.02. The SMILES string of the molecule is CC(C)OC(=O)[C@@H](C)N[P+](=O)OC[C@@H]1CCC(c2ccncc2)O1. The van der Waals surface area contributed by atoms with E-state index in [4.69, 9.17) is 14.0 Å². The first-order valence-corrected chi connectivity index (χ1v) is 9.25.